The van der Waals surface area contributed by atoms with Gasteiger partial charge in [0.15, 0.2) is 0 Å². The predicted molar refractivity (Wildman–Crippen MR) is 73.8 cm³/mol. The number of hydrogen-bond donors (Lipinski definition) is 1. The number of rotatable bonds is 5. The van der Waals surface area contributed by atoms with Gasteiger partial charge >= 0.3 is 0 Å². The van der Waals surface area contributed by atoms with Gasteiger partial charge in [-0.2, -0.15) is 0 Å². The fourth-order valence-electron chi connectivity index (χ4n) is 2.99. The molecule has 1 amide bonds. The number of carbonyl (C=O) groups excluding carboxylic acids is 1. The van der Waals surface area contributed by atoms with Crippen LogP contribution < -0.4 is 5.73 Å². The van der Waals surface area contributed by atoms with E-state index in [-0.39, 0.29) is 24.4 Å². The molecule has 1 aliphatic carbocycles. The van der Waals surface area contributed by atoms with Crippen molar-refractivity contribution in [1.82, 2.24) is 4.90 Å². The summed E-state index contributed by atoms with van der Waals surface area (Å²) in [5.74, 6) is 0.997. The van der Waals surface area contributed by atoms with Crippen molar-refractivity contribution in [3.05, 3.63) is 0 Å². The SMILES string of the molecule is COC(CN)CC(=O)N1CCCC1C1CCC1.Cl. The van der Waals surface area contributed by atoms with Crippen molar-refractivity contribution >= 4 is 18.3 Å². The molecular formula is C13H25ClN2O2. The van der Waals surface area contributed by atoms with Crippen molar-refractivity contribution in [2.75, 3.05) is 20.2 Å². The van der Waals surface area contributed by atoms with E-state index in [1.807, 2.05) is 0 Å². The number of halogens is 1. The molecular weight excluding hydrogens is 252 g/mol. The van der Waals surface area contributed by atoms with E-state index in [4.69, 9.17) is 10.5 Å². The van der Waals surface area contributed by atoms with Gasteiger partial charge < -0.3 is 15.4 Å². The monoisotopic (exact) mass is 276 g/mol. The second-order valence-electron chi connectivity index (χ2n) is 5.29. The maximum atomic E-state index is 12.2. The first-order chi connectivity index (χ1) is 8.26. The van der Waals surface area contributed by atoms with Crippen LogP contribution in [0.5, 0.6) is 0 Å². The minimum Gasteiger partial charge on any atom is -0.380 e. The Bertz CT molecular complexity index is 268. The average Bonchev–Trinajstić information content (AvgIpc) is 2.72. The van der Waals surface area contributed by atoms with Gasteiger partial charge in [0, 0.05) is 26.2 Å². The van der Waals surface area contributed by atoms with Crippen LogP contribution in [-0.4, -0.2) is 43.2 Å². The van der Waals surface area contributed by atoms with E-state index in [0.29, 0.717) is 19.0 Å². The molecule has 0 aromatic rings. The van der Waals surface area contributed by atoms with Crippen LogP contribution in [0, 0.1) is 5.92 Å². The summed E-state index contributed by atoms with van der Waals surface area (Å²) in [5, 5.41) is 0. The van der Waals surface area contributed by atoms with Gasteiger partial charge in [-0.15, -0.1) is 12.4 Å². The summed E-state index contributed by atoms with van der Waals surface area (Å²) in [6.45, 7) is 1.35. The first-order valence-corrected chi connectivity index (χ1v) is 6.78. The molecule has 0 aromatic carbocycles. The number of amides is 1. The third-order valence-corrected chi connectivity index (χ3v) is 4.31. The number of nitrogens with zero attached hydrogens (tertiary/aromatic N) is 1. The third-order valence-electron chi connectivity index (χ3n) is 4.31. The van der Waals surface area contributed by atoms with Crippen LogP contribution in [0.2, 0.25) is 0 Å². The van der Waals surface area contributed by atoms with Crippen LogP contribution in [0.4, 0.5) is 0 Å². The molecule has 1 saturated heterocycles. The third kappa shape index (κ3) is 3.37. The second-order valence-corrected chi connectivity index (χ2v) is 5.29. The molecule has 0 radical (unpaired) electrons. The smallest absolute Gasteiger partial charge is 0.225 e. The molecule has 2 rings (SSSR count). The van der Waals surface area contributed by atoms with Gasteiger partial charge in [0.2, 0.25) is 5.91 Å². The van der Waals surface area contributed by atoms with Crippen LogP contribution in [-0.2, 0) is 9.53 Å². The van der Waals surface area contributed by atoms with E-state index in [9.17, 15) is 4.79 Å². The van der Waals surface area contributed by atoms with Gasteiger partial charge in [0.1, 0.15) is 0 Å². The summed E-state index contributed by atoms with van der Waals surface area (Å²) in [6.07, 6.45) is 6.62. The van der Waals surface area contributed by atoms with Crippen molar-refractivity contribution in [2.45, 2.75) is 50.7 Å². The lowest BCUT2D eigenvalue weighted by atomic mass is 9.79. The van der Waals surface area contributed by atoms with Crippen LogP contribution in [0.25, 0.3) is 0 Å². The van der Waals surface area contributed by atoms with Crippen molar-refractivity contribution in [3.63, 3.8) is 0 Å². The number of nitrogens with two attached hydrogens (primary N) is 1. The Morgan fingerprint density at radius 2 is 2.11 bits per heavy atom. The minimum absolute atomic E-state index is 0. The molecule has 1 aliphatic heterocycles. The molecule has 0 bridgehead atoms. The molecule has 106 valence electrons. The van der Waals surface area contributed by atoms with Gasteiger partial charge in [0.25, 0.3) is 0 Å². The van der Waals surface area contributed by atoms with E-state index in [0.717, 1.165) is 18.9 Å². The van der Waals surface area contributed by atoms with Crippen LogP contribution >= 0.6 is 12.4 Å². The molecule has 2 aliphatic rings. The van der Waals surface area contributed by atoms with Crippen LogP contribution in [0.3, 0.4) is 0 Å². The van der Waals surface area contributed by atoms with Crippen molar-refractivity contribution < 1.29 is 9.53 Å². The van der Waals surface area contributed by atoms with Gasteiger partial charge in [0.05, 0.1) is 12.5 Å². The summed E-state index contributed by atoms with van der Waals surface area (Å²) in [6, 6.07) is 0.506. The quantitative estimate of drug-likeness (QED) is 0.829. The Hall–Kier alpha value is -0.320. The lowest BCUT2D eigenvalue weighted by Gasteiger charge is -2.37. The molecule has 0 aromatic heterocycles. The fourth-order valence-corrected chi connectivity index (χ4v) is 2.99. The van der Waals surface area contributed by atoms with E-state index in [1.54, 1.807) is 7.11 Å². The molecule has 2 fully saturated rings. The lowest BCUT2D eigenvalue weighted by molar-refractivity contribution is -0.136. The summed E-state index contributed by atoms with van der Waals surface area (Å²) in [4.78, 5) is 14.3. The zero-order valence-corrected chi connectivity index (χ0v) is 12.0. The first-order valence-electron chi connectivity index (χ1n) is 6.78. The number of likely N-dealkylation sites (tertiary alicyclic amines) is 1. The maximum absolute atomic E-state index is 12.2. The standard InChI is InChI=1S/C13H24N2O2.ClH/c1-17-11(9-14)8-13(16)15-7-3-6-12(15)10-4-2-5-10;/h10-12H,2-9,14H2,1H3;1H. The molecule has 2 unspecified atom stereocenters. The Balaban J connectivity index is 0.00000162. The maximum Gasteiger partial charge on any atom is 0.225 e. The van der Waals surface area contributed by atoms with E-state index in [1.165, 1.54) is 25.7 Å². The predicted octanol–water partition coefficient (Wildman–Crippen LogP) is 1.56. The normalized spacial score (nSPS) is 25.4. The van der Waals surface area contributed by atoms with Crippen LogP contribution in [0.15, 0.2) is 0 Å². The molecule has 2 atom stereocenters. The zero-order valence-electron chi connectivity index (χ0n) is 11.1. The van der Waals surface area contributed by atoms with Crippen LogP contribution in [0.1, 0.15) is 38.5 Å². The molecule has 1 heterocycles. The number of carbonyl (C=O) groups is 1. The fraction of sp³-hybridized carbons (Fsp3) is 0.923. The highest BCUT2D eigenvalue weighted by Crippen LogP contribution is 2.37. The Morgan fingerprint density at radius 3 is 2.61 bits per heavy atom. The summed E-state index contributed by atoms with van der Waals surface area (Å²) >= 11 is 0. The molecule has 4 nitrogen and oxygen atoms in total. The summed E-state index contributed by atoms with van der Waals surface area (Å²) < 4.78 is 5.19. The summed E-state index contributed by atoms with van der Waals surface area (Å²) in [7, 11) is 1.62. The van der Waals surface area contributed by atoms with Gasteiger partial charge in [-0.1, -0.05) is 6.42 Å². The molecule has 1 saturated carbocycles. The molecule has 5 heteroatoms. The van der Waals surface area contributed by atoms with Gasteiger partial charge in [-0.05, 0) is 31.6 Å². The molecule has 0 spiro atoms. The Morgan fingerprint density at radius 1 is 1.39 bits per heavy atom. The summed E-state index contributed by atoms with van der Waals surface area (Å²) in [5.41, 5.74) is 5.57. The van der Waals surface area contributed by atoms with Gasteiger partial charge in [-0.3, -0.25) is 4.79 Å². The Kier molecular flexibility index (Phi) is 6.39. The van der Waals surface area contributed by atoms with E-state index in [2.05, 4.69) is 4.90 Å². The molecule has 18 heavy (non-hydrogen) atoms. The topological polar surface area (TPSA) is 55.6 Å². The second kappa shape index (κ2) is 7.31. The van der Waals surface area contributed by atoms with E-state index >= 15 is 0 Å². The number of methoxy groups -OCH3 is 1. The minimum atomic E-state index is -0.120. The lowest BCUT2D eigenvalue weighted by Crippen LogP contribution is -2.44. The van der Waals surface area contributed by atoms with Crippen molar-refractivity contribution in [2.24, 2.45) is 11.7 Å². The largest absolute Gasteiger partial charge is 0.380 e. The number of hydrogen-bond acceptors (Lipinski definition) is 3. The zero-order chi connectivity index (χ0) is 12.3. The Labute approximate surface area is 116 Å². The van der Waals surface area contributed by atoms with Crippen molar-refractivity contribution in [3.8, 4) is 0 Å². The highest BCUT2D eigenvalue weighted by atomic mass is 35.5. The first kappa shape index (κ1) is 15.7. The van der Waals surface area contributed by atoms with Crippen molar-refractivity contribution in [1.29, 1.82) is 0 Å². The highest BCUT2D eigenvalue weighted by molar-refractivity contribution is 5.85. The number of ether oxygens (including phenoxy) is 1. The van der Waals surface area contributed by atoms with Gasteiger partial charge in [-0.25, -0.2) is 0 Å². The van der Waals surface area contributed by atoms with E-state index < -0.39 is 0 Å². The average molecular weight is 277 g/mol. The highest BCUT2D eigenvalue weighted by Gasteiger charge is 2.37. The molecule has 2 N–H and O–H groups in total.